The van der Waals surface area contributed by atoms with Crippen LogP contribution in [0.15, 0.2) is 29.6 Å². The number of hydrogen-bond donors (Lipinski definition) is 2. The Morgan fingerprint density at radius 2 is 2.24 bits per heavy atom. The number of hydrogen-bond acceptors (Lipinski definition) is 4. The zero-order valence-electron chi connectivity index (χ0n) is 8.68. The highest BCUT2D eigenvalue weighted by Crippen LogP contribution is 2.15. The molecule has 2 rings (SSSR count). The molecular weight excluding hydrogens is 243 g/mol. The van der Waals surface area contributed by atoms with Gasteiger partial charge in [-0.3, -0.25) is 0 Å². The van der Waals surface area contributed by atoms with E-state index in [1.54, 1.807) is 23.6 Å². The summed E-state index contributed by atoms with van der Waals surface area (Å²) in [5, 5.41) is 13.2. The number of carboxylic acids is 1. The molecule has 6 heteroatoms. The molecule has 1 aromatic carbocycles. The number of aromatic nitrogens is 1. The van der Waals surface area contributed by atoms with E-state index in [2.05, 4.69) is 10.3 Å². The first kappa shape index (κ1) is 11.5. The second-order valence-corrected chi connectivity index (χ2v) is 4.14. The number of carbonyl (C=O) groups is 1. The number of aromatic carboxylic acids is 1. The third-order valence-corrected chi connectivity index (χ3v) is 2.95. The molecule has 17 heavy (non-hydrogen) atoms. The van der Waals surface area contributed by atoms with Gasteiger partial charge in [-0.15, -0.1) is 11.3 Å². The highest BCUT2D eigenvalue weighted by atomic mass is 32.1. The van der Waals surface area contributed by atoms with Crippen LogP contribution in [-0.2, 0) is 6.54 Å². The van der Waals surface area contributed by atoms with E-state index in [4.69, 9.17) is 5.11 Å². The Morgan fingerprint density at radius 3 is 2.88 bits per heavy atom. The molecule has 88 valence electrons. The van der Waals surface area contributed by atoms with E-state index in [0.717, 1.165) is 11.3 Å². The van der Waals surface area contributed by atoms with E-state index in [-0.39, 0.29) is 10.8 Å². The van der Waals surface area contributed by atoms with Crippen LogP contribution in [0, 0.1) is 5.82 Å². The number of anilines is 1. The summed E-state index contributed by atoms with van der Waals surface area (Å²) in [4.78, 5) is 14.5. The molecule has 0 unspecified atom stereocenters. The molecule has 0 spiro atoms. The summed E-state index contributed by atoms with van der Waals surface area (Å²) in [5.74, 6) is -1.40. The molecular formula is C11H9FN2O2S. The standard InChI is InChI=1S/C11H9FN2O2S/c12-8-3-1-2-4-9(8)13-5-7-6-17-10(14-7)11(15)16/h1-4,6,13H,5H2,(H,15,16). The predicted octanol–water partition coefficient (Wildman–Crippen LogP) is 2.59. The van der Waals surface area contributed by atoms with Crippen LogP contribution < -0.4 is 5.32 Å². The van der Waals surface area contributed by atoms with E-state index in [9.17, 15) is 9.18 Å². The normalized spacial score (nSPS) is 10.2. The maximum atomic E-state index is 13.3. The third-order valence-electron chi connectivity index (χ3n) is 2.07. The summed E-state index contributed by atoms with van der Waals surface area (Å²) in [6, 6.07) is 6.28. The van der Waals surface area contributed by atoms with Crippen molar-refractivity contribution in [1.82, 2.24) is 4.98 Å². The lowest BCUT2D eigenvalue weighted by molar-refractivity contribution is 0.0696. The minimum atomic E-state index is -1.05. The SMILES string of the molecule is O=C(O)c1nc(CNc2ccccc2F)cs1. The highest BCUT2D eigenvalue weighted by molar-refractivity contribution is 7.11. The Hall–Kier alpha value is -1.95. The molecule has 0 atom stereocenters. The van der Waals surface area contributed by atoms with Crippen LogP contribution in [0.5, 0.6) is 0 Å². The maximum absolute atomic E-state index is 13.3. The van der Waals surface area contributed by atoms with Crippen LogP contribution >= 0.6 is 11.3 Å². The van der Waals surface area contributed by atoms with Crippen molar-refractivity contribution in [1.29, 1.82) is 0 Å². The molecule has 4 nitrogen and oxygen atoms in total. The number of para-hydroxylation sites is 1. The summed E-state index contributed by atoms with van der Waals surface area (Å²) < 4.78 is 13.3. The highest BCUT2D eigenvalue weighted by Gasteiger charge is 2.09. The van der Waals surface area contributed by atoms with Crippen LogP contribution in [0.4, 0.5) is 10.1 Å². The number of nitrogens with one attached hydrogen (secondary N) is 1. The van der Waals surface area contributed by atoms with E-state index in [1.807, 2.05) is 0 Å². The Labute approximate surface area is 101 Å². The number of benzene rings is 1. The van der Waals surface area contributed by atoms with Crippen molar-refractivity contribution in [3.63, 3.8) is 0 Å². The van der Waals surface area contributed by atoms with Crippen molar-refractivity contribution in [2.24, 2.45) is 0 Å². The van der Waals surface area contributed by atoms with Crippen molar-refractivity contribution >= 4 is 23.0 Å². The summed E-state index contributed by atoms with van der Waals surface area (Å²) in [6.07, 6.45) is 0. The Kier molecular flexibility index (Phi) is 3.34. The van der Waals surface area contributed by atoms with Crippen LogP contribution in [0.1, 0.15) is 15.5 Å². The van der Waals surface area contributed by atoms with Gasteiger partial charge in [-0.1, -0.05) is 12.1 Å². The zero-order valence-corrected chi connectivity index (χ0v) is 9.50. The first-order chi connectivity index (χ1) is 8.16. The molecule has 0 aliphatic heterocycles. The van der Waals surface area contributed by atoms with Crippen molar-refractivity contribution in [2.45, 2.75) is 6.54 Å². The van der Waals surface area contributed by atoms with Crippen molar-refractivity contribution in [2.75, 3.05) is 5.32 Å². The fourth-order valence-electron chi connectivity index (χ4n) is 1.28. The summed E-state index contributed by atoms with van der Waals surface area (Å²) in [6.45, 7) is 0.296. The molecule has 0 saturated heterocycles. The average molecular weight is 252 g/mol. The lowest BCUT2D eigenvalue weighted by Crippen LogP contribution is -2.02. The molecule has 2 aromatic rings. The molecule has 1 aromatic heterocycles. The van der Waals surface area contributed by atoms with Crippen LogP contribution in [0.2, 0.25) is 0 Å². The number of carboxylic acid groups (broad SMARTS) is 1. The largest absolute Gasteiger partial charge is 0.476 e. The molecule has 0 radical (unpaired) electrons. The van der Waals surface area contributed by atoms with Crippen molar-refractivity contribution < 1.29 is 14.3 Å². The first-order valence-corrected chi connectivity index (χ1v) is 5.71. The van der Waals surface area contributed by atoms with Crippen LogP contribution in [0.3, 0.4) is 0 Å². The summed E-state index contributed by atoms with van der Waals surface area (Å²) >= 11 is 1.05. The first-order valence-electron chi connectivity index (χ1n) is 4.83. The van der Waals surface area contributed by atoms with Crippen molar-refractivity contribution in [3.8, 4) is 0 Å². The smallest absolute Gasteiger partial charge is 0.365 e. The van der Waals surface area contributed by atoms with Gasteiger partial charge in [0.25, 0.3) is 0 Å². The van der Waals surface area contributed by atoms with Crippen molar-refractivity contribution in [3.05, 3.63) is 46.2 Å². The van der Waals surface area contributed by atoms with Crippen LogP contribution in [0.25, 0.3) is 0 Å². The predicted molar refractivity (Wildman–Crippen MR) is 62.8 cm³/mol. The van der Waals surface area contributed by atoms with Gasteiger partial charge in [0.15, 0.2) is 0 Å². The second-order valence-electron chi connectivity index (χ2n) is 3.28. The Morgan fingerprint density at radius 1 is 1.47 bits per heavy atom. The lowest BCUT2D eigenvalue weighted by atomic mass is 10.3. The van der Waals surface area contributed by atoms with Gasteiger partial charge < -0.3 is 10.4 Å². The molecule has 0 bridgehead atoms. The molecule has 0 saturated carbocycles. The van der Waals surface area contributed by atoms with Gasteiger partial charge in [-0.2, -0.15) is 0 Å². The van der Waals surface area contributed by atoms with E-state index >= 15 is 0 Å². The summed E-state index contributed by atoms with van der Waals surface area (Å²) in [7, 11) is 0. The molecule has 0 fully saturated rings. The van der Waals surface area contributed by atoms with E-state index in [0.29, 0.717) is 17.9 Å². The van der Waals surface area contributed by atoms with Gasteiger partial charge in [0.1, 0.15) is 5.82 Å². The van der Waals surface area contributed by atoms with E-state index < -0.39 is 5.97 Å². The molecule has 0 amide bonds. The fourth-order valence-corrected chi connectivity index (χ4v) is 1.93. The topological polar surface area (TPSA) is 62.2 Å². The fraction of sp³-hybridized carbons (Fsp3) is 0.0909. The van der Waals surface area contributed by atoms with Gasteiger partial charge >= 0.3 is 5.97 Å². The van der Waals surface area contributed by atoms with Gasteiger partial charge in [-0.05, 0) is 12.1 Å². The molecule has 2 N–H and O–H groups in total. The number of nitrogens with zero attached hydrogens (tertiary/aromatic N) is 1. The number of rotatable bonds is 4. The zero-order chi connectivity index (χ0) is 12.3. The maximum Gasteiger partial charge on any atom is 0.365 e. The third kappa shape index (κ3) is 2.79. The number of halogens is 1. The molecule has 1 heterocycles. The van der Waals surface area contributed by atoms with Gasteiger partial charge in [0.05, 0.1) is 17.9 Å². The second kappa shape index (κ2) is 4.92. The van der Waals surface area contributed by atoms with Gasteiger partial charge in [0, 0.05) is 5.38 Å². The van der Waals surface area contributed by atoms with Gasteiger partial charge in [-0.25, -0.2) is 14.2 Å². The Balaban J connectivity index is 2.02. The molecule has 0 aliphatic carbocycles. The minimum absolute atomic E-state index is 0.0373. The minimum Gasteiger partial charge on any atom is -0.476 e. The Bertz CT molecular complexity index is 542. The van der Waals surface area contributed by atoms with Gasteiger partial charge in [0.2, 0.25) is 5.01 Å². The summed E-state index contributed by atoms with van der Waals surface area (Å²) in [5.41, 5.74) is 0.952. The average Bonchev–Trinajstić information content (AvgIpc) is 2.77. The molecule has 0 aliphatic rings. The quantitative estimate of drug-likeness (QED) is 0.878. The van der Waals surface area contributed by atoms with Crippen LogP contribution in [-0.4, -0.2) is 16.1 Å². The monoisotopic (exact) mass is 252 g/mol. The lowest BCUT2D eigenvalue weighted by Gasteiger charge is -2.04. The van der Waals surface area contributed by atoms with E-state index in [1.165, 1.54) is 6.07 Å². The number of thiazole rings is 1.